The number of carbonyl (C=O) groups excluding carboxylic acids is 2. The minimum atomic E-state index is -0.0792. The number of rotatable bonds is 10. The largest absolute Gasteiger partial charge is 0.326 e. The fourth-order valence-electron chi connectivity index (χ4n) is 4.14. The molecular weight excluding hydrogens is 404 g/mol. The summed E-state index contributed by atoms with van der Waals surface area (Å²) in [6.07, 6.45) is 5.92. The molecule has 2 atom stereocenters. The zero-order valence-electron chi connectivity index (χ0n) is 18.9. The SMILES string of the molecule is CCCC[C@@H](CC)C(=O)Nc1cccc([C@@H]2SCC(=O)N2c2ccccc2CCC)c1. The number of nitrogens with one attached hydrogen (secondary N) is 1. The van der Waals surface area contributed by atoms with Crippen molar-refractivity contribution in [2.24, 2.45) is 5.92 Å². The van der Waals surface area contributed by atoms with E-state index >= 15 is 0 Å². The van der Waals surface area contributed by atoms with E-state index in [-0.39, 0.29) is 23.1 Å². The van der Waals surface area contributed by atoms with Crippen LogP contribution in [-0.2, 0) is 16.0 Å². The highest BCUT2D eigenvalue weighted by molar-refractivity contribution is 8.00. The van der Waals surface area contributed by atoms with Gasteiger partial charge in [-0.25, -0.2) is 0 Å². The fraction of sp³-hybridized carbons (Fsp3) is 0.462. The molecule has 4 nitrogen and oxygen atoms in total. The van der Waals surface area contributed by atoms with Crippen LogP contribution < -0.4 is 10.2 Å². The topological polar surface area (TPSA) is 49.4 Å². The molecule has 0 radical (unpaired) electrons. The van der Waals surface area contributed by atoms with Crippen LogP contribution in [0.4, 0.5) is 11.4 Å². The second-order valence-electron chi connectivity index (χ2n) is 8.17. The molecule has 2 aromatic rings. The van der Waals surface area contributed by atoms with Crippen molar-refractivity contribution in [3.63, 3.8) is 0 Å². The number of hydrogen-bond acceptors (Lipinski definition) is 3. The molecule has 3 rings (SSSR count). The third-order valence-corrected chi connectivity index (χ3v) is 7.06. The molecule has 166 valence electrons. The summed E-state index contributed by atoms with van der Waals surface area (Å²) in [4.78, 5) is 27.5. The number of hydrogen-bond donors (Lipinski definition) is 1. The lowest BCUT2D eigenvalue weighted by molar-refractivity contribution is -0.120. The highest BCUT2D eigenvalue weighted by Gasteiger charge is 2.35. The van der Waals surface area contributed by atoms with Gasteiger partial charge in [0.2, 0.25) is 11.8 Å². The minimum Gasteiger partial charge on any atom is -0.326 e. The first-order valence-corrected chi connectivity index (χ1v) is 12.6. The summed E-state index contributed by atoms with van der Waals surface area (Å²) < 4.78 is 0. The van der Waals surface area contributed by atoms with Gasteiger partial charge in [0.1, 0.15) is 5.37 Å². The third-order valence-electron chi connectivity index (χ3n) is 5.85. The monoisotopic (exact) mass is 438 g/mol. The lowest BCUT2D eigenvalue weighted by atomic mass is 9.98. The number of thioether (sulfide) groups is 1. The van der Waals surface area contributed by atoms with Crippen LogP contribution in [0, 0.1) is 5.92 Å². The molecule has 31 heavy (non-hydrogen) atoms. The molecular formula is C26H34N2O2S. The Morgan fingerprint density at radius 3 is 2.68 bits per heavy atom. The maximum Gasteiger partial charge on any atom is 0.238 e. The third kappa shape index (κ3) is 5.70. The first kappa shape index (κ1) is 23.4. The average molecular weight is 439 g/mol. The highest BCUT2D eigenvalue weighted by atomic mass is 32.2. The maximum absolute atomic E-state index is 12.8. The summed E-state index contributed by atoms with van der Waals surface area (Å²) in [5.74, 6) is 0.742. The van der Waals surface area contributed by atoms with Crippen LogP contribution >= 0.6 is 11.8 Å². The van der Waals surface area contributed by atoms with Crippen LogP contribution in [0.5, 0.6) is 0 Å². The van der Waals surface area contributed by atoms with Gasteiger partial charge in [-0.1, -0.05) is 70.4 Å². The van der Waals surface area contributed by atoms with Crippen molar-refractivity contribution in [1.82, 2.24) is 0 Å². The molecule has 0 unspecified atom stereocenters. The molecule has 1 heterocycles. The van der Waals surface area contributed by atoms with E-state index in [9.17, 15) is 9.59 Å². The van der Waals surface area contributed by atoms with Gasteiger partial charge in [0.25, 0.3) is 0 Å². The molecule has 5 heteroatoms. The van der Waals surface area contributed by atoms with Crippen LogP contribution in [0.3, 0.4) is 0 Å². The van der Waals surface area contributed by atoms with E-state index in [1.807, 2.05) is 41.3 Å². The van der Waals surface area contributed by atoms with Gasteiger partial charge in [-0.3, -0.25) is 14.5 Å². The quantitative estimate of drug-likeness (QED) is 0.456. The summed E-state index contributed by atoms with van der Waals surface area (Å²) in [6, 6.07) is 16.2. The Balaban J connectivity index is 1.83. The zero-order valence-corrected chi connectivity index (χ0v) is 19.7. The van der Waals surface area contributed by atoms with Gasteiger partial charge in [0.05, 0.1) is 5.75 Å². The average Bonchev–Trinajstić information content (AvgIpc) is 3.16. The molecule has 0 aliphatic carbocycles. The molecule has 2 aromatic carbocycles. The van der Waals surface area contributed by atoms with Gasteiger partial charge in [0, 0.05) is 17.3 Å². The molecule has 1 aliphatic heterocycles. The van der Waals surface area contributed by atoms with E-state index in [0.29, 0.717) is 5.75 Å². The van der Waals surface area contributed by atoms with E-state index < -0.39 is 0 Å². The number of anilines is 2. The standard InChI is InChI=1S/C26H34N2O2S/c1-4-7-12-19(6-3)25(30)27-22-15-10-14-21(17-22)26-28(24(29)18-31-26)23-16-9-8-13-20(23)11-5-2/h8-10,13-17,19,26H,4-7,11-12,18H2,1-3H3,(H,27,30)/t19-,26+/m1/s1. The lowest BCUT2D eigenvalue weighted by Gasteiger charge is -2.27. The van der Waals surface area contributed by atoms with Crippen molar-refractivity contribution in [3.05, 3.63) is 59.7 Å². The summed E-state index contributed by atoms with van der Waals surface area (Å²) in [5.41, 5.74) is 4.06. The second-order valence-corrected chi connectivity index (χ2v) is 9.24. The number of nitrogens with zero attached hydrogens (tertiary/aromatic N) is 1. The van der Waals surface area contributed by atoms with E-state index in [1.165, 1.54) is 5.56 Å². The Bertz CT molecular complexity index is 898. The molecule has 2 amide bonds. The van der Waals surface area contributed by atoms with Crippen molar-refractivity contribution >= 4 is 35.0 Å². The zero-order chi connectivity index (χ0) is 22.2. The Hall–Kier alpha value is -2.27. The first-order valence-electron chi connectivity index (χ1n) is 11.5. The second kappa shape index (κ2) is 11.4. The molecule has 0 aromatic heterocycles. The number of aryl methyl sites for hydroxylation is 1. The van der Waals surface area contributed by atoms with Crippen LogP contribution in [0.1, 0.15) is 69.4 Å². The number of amides is 2. The molecule has 1 saturated heterocycles. The summed E-state index contributed by atoms with van der Waals surface area (Å²) in [7, 11) is 0. The van der Waals surface area contributed by atoms with E-state index in [4.69, 9.17) is 0 Å². The van der Waals surface area contributed by atoms with Gasteiger partial charge in [-0.05, 0) is 48.6 Å². The van der Waals surface area contributed by atoms with Crippen molar-refractivity contribution in [3.8, 4) is 0 Å². The normalized spacial score (nSPS) is 17.1. The Kier molecular flexibility index (Phi) is 8.59. The van der Waals surface area contributed by atoms with Gasteiger partial charge in [0.15, 0.2) is 0 Å². The van der Waals surface area contributed by atoms with E-state index in [0.717, 1.165) is 55.5 Å². The van der Waals surface area contributed by atoms with Crippen molar-refractivity contribution in [2.75, 3.05) is 16.0 Å². The molecule has 0 saturated carbocycles. The van der Waals surface area contributed by atoms with Gasteiger partial charge >= 0.3 is 0 Å². The number of carbonyl (C=O) groups is 2. The smallest absolute Gasteiger partial charge is 0.238 e. The molecule has 0 spiro atoms. The van der Waals surface area contributed by atoms with Crippen LogP contribution in [-0.4, -0.2) is 17.6 Å². The maximum atomic E-state index is 12.8. The minimum absolute atomic E-state index is 0.0449. The molecule has 1 fully saturated rings. The van der Waals surface area contributed by atoms with Gasteiger partial charge in [-0.2, -0.15) is 0 Å². The summed E-state index contributed by atoms with van der Waals surface area (Å²) >= 11 is 1.65. The molecule has 1 aliphatic rings. The van der Waals surface area contributed by atoms with Crippen LogP contribution in [0.15, 0.2) is 48.5 Å². The van der Waals surface area contributed by atoms with Gasteiger partial charge in [-0.15, -0.1) is 11.8 Å². The Morgan fingerprint density at radius 1 is 1.13 bits per heavy atom. The highest BCUT2D eigenvalue weighted by Crippen LogP contribution is 2.43. The number of para-hydroxylation sites is 1. The molecule has 0 bridgehead atoms. The van der Waals surface area contributed by atoms with Gasteiger partial charge < -0.3 is 5.32 Å². The van der Waals surface area contributed by atoms with E-state index in [1.54, 1.807) is 11.8 Å². The van der Waals surface area contributed by atoms with Crippen LogP contribution in [0.25, 0.3) is 0 Å². The van der Waals surface area contributed by atoms with Crippen molar-refractivity contribution in [1.29, 1.82) is 0 Å². The molecule has 1 N–H and O–H groups in total. The fourth-order valence-corrected chi connectivity index (χ4v) is 5.30. The number of benzene rings is 2. The van der Waals surface area contributed by atoms with Crippen molar-refractivity contribution < 1.29 is 9.59 Å². The Morgan fingerprint density at radius 2 is 1.94 bits per heavy atom. The first-order chi connectivity index (χ1) is 15.1. The summed E-state index contributed by atoms with van der Waals surface area (Å²) in [5, 5.41) is 3.03. The predicted octanol–water partition coefficient (Wildman–Crippen LogP) is 6.57. The van der Waals surface area contributed by atoms with E-state index in [2.05, 4.69) is 38.2 Å². The number of unbranched alkanes of at least 4 members (excludes halogenated alkanes) is 1. The predicted molar refractivity (Wildman–Crippen MR) is 131 cm³/mol. The van der Waals surface area contributed by atoms with Crippen LogP contribution in [0.2, 0.25) is 0 Å². The summed E-state index contributed by atoms with van der Waals surface area (Å²) in [6.45, 7) is 6.38. The lowest BCUT2D eigenvalue weighted by Crippen LogP contribution is -2.29. The van der Waals surface area contributed by atoms with Crippen molar-refractivity contribution in [2.45, 2.75) is 64.7 Å². The Labute approximate surface area is 190 Å².